The van der Waals surface area contributed by atoms with E-state index in [9.17, 15) is 31.0 Å². The summed E-state index contributed by atoms with van der Waals surface area (Å²) >= 11 is 0. The fourth-order valence-corrected chi connectivity index (χ4v) is 3.97. The third-order valence-electron chi connectivity index (χ3n) is 4.15. The fraction of sp³-hybridized carbons (Fsp3) is 0.125. The molecule has 0 saturated heterocycles. The molecular weight excluding hydrogens is 412 g/mol. The molecule has 3 rings (SSSR count). The standard InChI is InChI=1S/C16H14N2O8S2/c17-14-11(28(24,25)26)7-10(18-5-6-27(21,22)23)12-13(14)16(20)9-4-2-1-3-8(9)15(12)19/h1-4,7,18H,5-6,17H2,(H,21,22,23)(H,24,25,26). The predicted molar refractivity (Wildman–Crippen MR) is 98.9 cm³/mol. The van der Waals surface area contributed by atoms with Crippen LogP contribution in [0.4, 0.5) is 11.4 Å². The van der Waals surface area contributed by atoms with Gasteiger partial charge in [0.2, 0.25) is 0 Å². The van der Waals surface area contributed by atoms with Crippen LogP contribution in [0, 0.1) is 0 Å². The van der Waals surface area contributed by atoms with Crippen molar-refractivity contribution in [2.45, 2.75) is 4.90 Å². The Bertz CT molecular complexity index is 1230. The lowest BCUT2D eigenvalue weighted by atomic mass is 9.82. The molecule has 0 atom stereocenters. The number of hydrogen-bond donors (Lipinski definition) is 4. The summed E-state index contributed by atoms with van der Waals surface area (Å²) in [5.74, 6) is -2.09. The molecule has 0 aliphatic heterocycles. The molecule has 1 aliphatic rings. The molecule has 0 bridgehead atoms. The number of ketones is 2. The van der Waals surface area contributed by atoms with E-state index in [-0.39, 0.29) is 22.4 Å². The van der Waals surface area contributed by atoms with Gasteiger partial charge in [0.15, 0.2) is 11.6 Å². The number of fused-ring (bicyclic) bond motifs is 2. The number of benzene rings is 2. The Kier molecular flexibility index (Phi) is 4.75. The first-order chi connectivity index (χ1) is 12.9. The number of carbonyl (C=O) groups is 2. The quantitative estimate of drug-likeness (QED) is 0.333. The molecule has 28 heavy (non-hydrogen) atoms. The molecule has 0 aromatic heterocycles. The van der Waals surface area contributed by atoms with Gasteiger partial charge >= 0.3 is 0 Å². The van der Waals surface area contributed by atoms with Crippen molar-refractivity contribution in [2.24, 2.45) is 0 Å². The average molecular weight is 426 g/mol. The predicted octanol–water partition coefficient (Wildman–Crippen LogP) is 0.591. The van der Waals surface area contributed by atoms with Crippen molar-refractivity contribution in [3.63, 3.8) is 0 Å². The van der Waals surface area contributed by atoms with Gasteiger partial charge in [-0.2, -0.15) is 16.8 Å². The summed E-state index contributed by atoms with van der Waals surface area (Å²) in [6.45, 7) is -0.400. The number of rotatable bonds is 5. The summed E-state index contributed by atoms with van der Waals surface area (Å²) in [6.07, 6.45) is 0. The molecule has 12 heteroatoms. The fourth-order valence-electron chi connectivity index (χ4n) is 2.96. The molecular formula is C16H14N2O8S2. The first-order valence-electron chi connectivity index (χ1n) is 7.73. The number of nitrogens with two attached hydrogens (primary N) is 1. The zero-order valence-corrected chi connectivity index (χ0v) is 15.7. The molecule has 1 aliphatic carbocycles. The maximum absolute atomic E-state index is 12.9. The minimum absolute atomic E-state index is 0.0167. The van der Waals surface area contributed by atoms with Crippen LogP contribution in [0.5, 0.6) is 0 Å². The second kappa shape index (κ2) is 6.67. The van der Waals surface area contributed by atoms with Crippen molar-refractivity contribution in [1.29, 1.82) is 0 Å². The first-order valence-corrected chi connectivity index (χ1v) is 10.8. The van der Waals surface area contributed by atoms with Gasteiger partial charge in [0.1, 0.15) is 4.90 Å². The number of anilines is 2. The van der Waals surface area contributed by atoms with Crippen molar-refractivity contribution in [3.8, 4) is 0 Å². The Morgan fingerprint density at radius 1 is 0.929 bits per heavy atom. The van der Waals surface area contributed by atoms with E-state index in [0.29, 0.717) is 0 Å². The largest absolute Gasteiger partial charge is 0.397 e. The van der Waals surface area contributed by atoms with Gasteiger partial charge in [-0.05, 0) is 6.07 Å². The van der Waals surface area contributed by atoms with Gasteiger partial charge in [-0.25, -0.2) is 0 Å². The van der Waals surface area contributed by atoms with Gasteiger partial charge in [0.05, 0.1) is 22.6 Å². The minimum atomic E-state index is -4.86. The molecule has 2 aromatic carbocycles. The number of nitrogen functional groups attached to an aromatic ring is 1. The average Bonchev–Trinajstić information content (AvgIpc) is 2.58. The summed E-state index contributed by atoms with van der Waals surface area (Å²) in [4.78, 5) is 25.0. The van der Waals surface area contributed by atoms with E-state index in [1.165, 1.54) is 24.3 Å². The molecule has 0 radical (unpaired) electrons. The SMILES string of the molecule is Nc1c(S(=O)(=O)O)cc(NCCS(=O)(=O)O)c2c1C(=O)c1ccccc1C2=O. The second-order valence-electron chi connectivity index (χ2n) is 5.98. The molecule has 0 heterocycles. The third kappa shape index (κ3) is 3.49. The zero-order valence-electron chi connectivity index (χ0n) is 14.0. The van der Waals surface area contributed by atoms with E-state index in [1.807, 2.05) is 0 Å². The topological polar surface area (TPSA) is 181 Å². The monoisotopic (exact) mass is 426 g/mol. The highest BCUT2D eigenvalue weighted by atomic mass is 32.2. The van der Waals surface area contributed by atoms with E-state index in [0.717, 1.165) is 6.07 Å². The van der Waals surface area contributed by atoms with E-state index >= 15 is 0 Å². The molecule has 10 nitrogen and oxygen atoms in total. The van der Waals surface area contributed by atoms with Crippen LogP contribution in [0.3, 0.4) is 0 Å². The van der Waals surface area contributed by atoms with Gasteiger partial charge in [-0.1, -0.05) is 24.3 Å². The molecule has 0 saturated carbocycles. The molecule has 5 N–H and O–H groups in total. The van der Waals surface area contributed by atoms with E-state index in [2.05, 4.69) is 5.32 Å². The summed E-state index contributed by atoms with van der Waals surface area (Å²) in [5, 5.41) is 2.51. The summed E-state index contributed by atoms with van der Waals surface area (Å²) in [6, 6.07) is 6.68. The van der Waals surface area contributed by atoms with Crippen LogP contribution in [0.15, 0.2) is 35.2 Å². The van der Waals surface area contributed by atoms with Gasteiger partial charge in [0, 0.05) is 23.4 Å². The summed E-state index contributed by atoms with van der Waals surface area (Å²) < 4.78 is 63.4. The Labute approximate surface area is 159 Å². The van der Waals surface area contributed by atoms with Crippen LogP contribution in [-0.2, 0) is 20.2 Å². The van der Waals surface area contributed by atoms with Gasteiger partial charge < -0.3 is 11.1 Å². The lowest BCUT2D eigenvalue weighted by Gasteiger charge is -2.23. The maximum Gasteiger partial charge on any atom is 0.296 e. The summed E-state index contributed by atoms with van der Waals surface area (Å²) in [7, 11) is -9.20. The van der Waals surface area contributed by atoms with E-state index < -0.39 is 60.2 Å². The zero-order chi connectivity index (χ0) is 20.9. The van der Waals surface area contributed by atoms with Crippen LogP contribution in [0.25, 0.3) is 0 Å². The molecule has 0 spiro atoms. The lowest BCUT2D eigenvalue weighted by Crippen LogP contribution is -2.26. The normalized spacial score (nSPS) is 13.8. The number of carbonyl (C=O) groups excluding carboxylic acids is 2. The Balaban J connectivity index is 2.26. The van der Waals surface area contributed by atoms with Gasteiger partial charge in [0.25, 0.3) is 20.2 Å². The van der Waals surface area contributed by atoms with Crippen LogP contribution < -0.4 is 11.1 Å². The van der Waals surface area contributed by atoms with Crippen molar-refractivity contribution in [2.75, 3.05) is 23.3 Å². The Morgan fingerprint density at radius 3 is 1.96 bits per heavy atom. The smallest absolute Gasteiger partial charge is 0.296 e. The first kappa shape index (κ1) is 19.9. The van der Waals surface area contributed by atoms with Crippen molar-refractivity contribution >= 4 is 43.2 Å². The van der Waals surface area contributed by atoms with Gasteiger partial charge in [-0.3, -0.25) is 18.7 Å². The van der Waals surface area contributed by atoms with E-state index in [4.69, 9.17) is 10.3 Å². The highest BCUT2D eigenvalue weighted by Crippen LogP contribution is 2.38. The van der Waals surface area contributed by atoms with Crippen molar-refractivity contribution in [3.05, 3.63) is 52.6 Å². The van der Waals surface area contributed by atoms with Crippen molar-refractivity contribution in [1.82, 2.24) is 0 Å². The molecule has 0 unspecified atom stereocenters. The highest BCUT2D eigenvalue weighted by Gasteiger charge is 2.36. The third-order valence-corrected chi connectivity index (χ3v) is 5.77. The van der Waals surface area contributed by atoms with E-state index in [1.54, 1.807) is 0 Å². The second-order valence-corrected chi connectivity index (χ2v) is 8.94. The highest BCUT2D eigenvalue weighted by molar-refractivity contribution is 7.86. The minimum Gasteiger partial charge on any atom is -0.397 e. The Hall–Kier alpha value is -2.80. The Morgan fingerprint density at radius 2 is 1.46 bits per heavy atom. The maximum atomic E-state index is 12.9. The van der Waals surface area contributed by atoms with Crippen LogP contribution in [0.1, 0.15) is 31.8 Å². The molecule has 0 fully saturated rings. The lowest BCUT2D eigenvalue weighted by molar-refractivity contribution is 0.0980. The van der Waals surface area contributed by atoms with Gasteiger partial charge in [-0.15, -0.1) is 0 Å². The summed E-state index contributed by atoms with van der Waals surface area (Å²) in [5.41, 5.74) is 4.41. The molecule has 0 amide bonds. The van der Waals surface area contributed by atoms with Crippen LogP contribution >= 0.6 is 0 Å². The molecule has 2 aromatic rings. The van der Waals surface area contributed by atoms with Crippen molar-refractivity contribution < 1.29 is 35.5 Å². The van der Waals surface area contributed by atoms with Crippen LogP contribution in [0.2, 0.25) is 0 Å². The molecule has 148 valence electrons. The number of nitrogens with one attached hydrogen (secondary N) is 1. The van der Waals surface area contributed by atoms with Crippen LogP contribution in [-0.4, -0.2) is 49.8 Å². The number of hydrogen-bond acceptors (Lipinski definition) is 8.